The topological polar surface area (TPSA) is 51.0 Å². The van der Waals surface area contributed by atoms with E-state index in [1.54, 1.807) is 0 Å². The van der Waals surface area contributed by atoms with Crippen LogP contribution in [-0.4, -0.2) is 42.7 Å². The quantitative estimate of drug-likeness (QED) is 0.849. The zero-order chi connectivity index (χ0) is 13.9. The minimum absolute atomic E-state index is 0.664. The highest BCUT2D eigenvalue weighted by Gasteiger charge is 2.19. The van der Waals surface area contributed by atoms with Gasteiger partial charge in [-0.25, -0.2) is 0 Å². The highest BCUT2D eigenvalue weighted by Crippen LogP contribution is 2.12. The van der Waals surface area contributed by atoms with Crippen LogP contribution in [0.25, 0.3) is 0 Å². The normalized spacial score (nSPS) is 16.9. The zero-order valence-electron chi connectivity index (χ0n) is 11.5. The molecule has 0 N–H and O–H groups in total. The third-order valence-corrected chi connectivity index (χ3v) is 4.97. The van der Waals surface area contributed by atoms with Crippen molar-refractivity contribution in [3.8, 4) is 0 Å². The summed E-state index contributed by atoms with van der Waals surface area (Å²) in [4.78, 5) is 3.20. The summed E-state index contributed by atoms with van der Waals surface area (Å²) in [5.74, 6) is 2.66. The predicted octanol–water partition coefficient (Wildman–Crippen LogP) is 1.21. The van der Waals surface area contributed by atoms with E-state index in [2.05, 4.69) is 19.7 Å². The molecule has 0 spiro atoms. The minimum atomic E-state index is -0.922. The molecular weight excluding hydrogens is 272 g/mol. The van der Waals surface area contributed by atoms with Gasteiger partial charge in [-0.15, -0.1) is 10.2 Å². The SMILES string of the molecule is Cc1nnc2n1CCN(CC[S@@](=O)c1ccccc1)C2. The van der Waals surface area contributed by atoms with Crippen LogP contribution >= 0.6 is 0 Å². The number of aryl methyl sites for hydroxylation is 1. The molecule has 1 aliphatic rings. The van der Waals surface area contributed by atoms with Crippen molar-refractivity contribution in [2.45, 2.75) is 24.9 Å². The van der Waals surface area contributed by atoms with E-state index in [4.69, 9.17) is 0 Å². The number of hydrogen-bond acceptors (Lipinski definition) is 4. The van der Waals surface area contributed by atoms with Crippen molar-refractivity contribution in [3.63, 3.8) is 0 Å². The Morgan fingerprint density at radius 3 is 2.80 bits per heavy atom. The van der Waals surface area contributed by atoms with Gasteiger partial charge >= 0.3 is 0 Å². The largest absolute Gasteiger partial charge is 0.313 e. The second-order valence-electron chi connectivity index (χ2n) is 4.95. The molecule has 0 saturated carbocycles. The molecule has 0 bridgehead atoms. The highest BCUT2D eigenvalue weighted by atomic mass is 32.2. The molecule has 0 amide bonds. The first-order valence-corrected chi connectivity index (χ1v) is 8.10. The summed E-state index contributed by atoms with van der Waals surface area (Å²) in [5.41, 5.74) is 0. The van der Waals surface area contributed by atoms with Gasteiger partial charge in [0.25, 0.3) is 0 Å². The maximum Gasteiger partial charge on any atom is 0.147 e. The maximum atomic E-state index is 12.2. The number of hydrogen-bond donors (Lipinski definition) is 0. The van der Waals surface area contributed by atoms with Crippen LogP contribution in [0.2, 0.25) is 0 Å². The van der Waals surface area contributed by atoms with Crippen LogP contribution in [0.3, 0.4) is 0 Å². The Kier molecular flexibility index (Phi) is 3.93. The Morgan fingerprint density at radius 1 is 1.20 bits per heavy atom. The fraction of sp³-hybridized carbons (Fsp3) is 0.429. The molecule has 2 heterocycles. The summed E-state index contributed by atoms with van der Waals surface area (Å²) in [6.07, 6.45) is 0. The Bertz CT molecular complexity index is 611. The van der Waals surface area contributed by atoms with Crippen LogP contribution in [0.4, 0.5) is 0 Å². The molecule has 20 heavy (non-hydrogen) atoms. The van der Waals surface area contributed by atoms with Gasteiger partial charge in [-0.1, -0.05) is 18.2 Å². The molecule has 0 saturated heterocycles. The molecule has 0 fully saturated rings. The lowest BCUT2D eigenvalue weighted by atomic mass is 10.3. The molecule has 3 rings (SSSR count). The van der Waals surface area contributed by atoms with Gasteiger partial charge in [-0.2, -0.15) is 0 Å². The van der Waals surface area contributed by atoms with Crippen molar-refractivity contribution in [2.24, 2.45) is 0 Å². The molecule has 0 aliphatic carbocycles. The van der Waals surface area contributed by atoms with Crippen LogP contribution in [0.15, 0.2) is 35.2 Å². The lowest BCUT2D eigenvalue weighted by Gasteiger charge is -2.27. The van der Waals surface area contributed by atoms with Gasteiger partial charge in [0.05, 0.1) is 17.3 Å². The number of nitrogens with zero attached hydrogens (tertiary/aromatic N) is 4. The van der Waals surface area contributed by atoms with Gasteiger partial charge in [0.1, 0.15) is 11.6 Å². The molecule has 1 aliphatic heterocycles. The number of aromatic nitrogens is 3. The molecule has 0 radical (unpaired) electrons. The summed E-state index contributed by atoms with van der Waals surface area (Å²) in [6.45, 7) is 5.50. The van der Waals surface area contributed by atoms with Gasteiger partial charge in [0, 0.05) is 30.3 Å². The van der Waals surface area contributed by atoms with Crippen LogP contribution in [-0.2, 0) is 23.9 Å². The molecule has 5 nitrogen and oxygen atoms in total. The Balaban J connectivity index is 1.57. The fourth-order valence-corrected chi connectivity index (χ4v) is 3.57. The van der Waals surface area contributed by atoms with Crippen LogP contribution in [0.5, 0.6) is 0 Å². The Hall–Kier alpha value is -1.53. The van der Waals surface area contributed by atoms with E-state index in [9.17, 15) is 4.21 Å². The number of fused-ring (bicyclic) bond motifs is 1. The molecule has 1 aromatic heterocycles. The molecule has 6 heteroatoms. The standard InChI is InChI=1S/C14H18N4OS/c1-12-15-16-14-11-17(7-8-18(12)14)9-10-20(19)13-5-3-2-4-6-13/h2-6H,7-11H2,1H3/t20-/m1/s1. The maximum absolute atomic E-state index is 12.2. The van der Waals surface area contributed by atoms with Crippen molar-refractivity contribution in [3.05, 3.63) is 42.0 Å². The third-order valence-electron chi connectivity index (χ3n) is 3.62. The van der Waals surface area contributed by atoms with Crippen LogP contribution in [0, 0.1) is 6.92 Å². The van der Waals surface area contributed by atoms with Gasteiger partial charge in [-0.3, -0.25) is 9.11 Å². The second kappa shape index (κ2) is 5.85. The lowest BCUT2D eigenvalue weighted by Crippen LogP contribution is -2.36. The average Bonchev–Trinajstić information content (AvgIpc) is 2.87. The van der Waals surface area contributed by atoms with Gasteiger partial charge in [0.15, 0.2) is 0 Å². The minimum Gasteiger partial charge on any atom is -0.313 e. The zero-order valence-corrected chi connectivity index (χ0v) is 12.3. The van der Waals surface area contributed by atoms with Gasteiger partial charge in [-0.05, 0) is 19.1 Å². The lowest BCUT2D eigenvalue weighted by molar-refractivity contribution is 0.228. The first-order chi connectivity index (χ1) is 9.74. The number of benzene rings is 1. The highest BCUT2D eigenvalue weighted by molar-refractivity contribution is 7.85. The van der Waals surface area contributed by atoms with Crippen molar-refractivity contribution < 1.29 is 4.21 Å². The molecule has 2 aromatic rings. The molecule has 1 aromatic carbocycles. The van der Waals surface area contributed by atoms with E-state index in [0.717, 1.165) is 42.7 Å². The monoisotopic (exact) mass is 290 g/mol. The predicted molar refractivity (Wildman–Crippen MR) is 77.8 cm³/mol. The van der Waals surface area contributed by atoms with Crippen molar-refractivity contribution in [1.82, 2.24) is 19.7 Å². The summed E-state index contributed by atoms with van der Waals surface area (Å²) >= 11 is 0. The molecule has 1 atom stereocenters. The van der Waals surface area contributed by atoms with Crippen molar-refractivity contribution in [2.75, 3.05) is 18.8 Å². The molecule has 106 valence electrons. The van der Waals surface area contributed by atoms with E-state index >= 15 is 0 Å². The Labute approximate surface area is 121 Å². The fourth-order valence-electron chi connectivity index (χ4n) is 2.45. The van der Waals surface area contributed by atoms with E-state index in [1.165, 1.54) is 0 Å². The van der Waals surface area contributed by atoms with Crippen molar-refractivity contribution in [1.29, 1.82) is 0 Å². The van der Waals surface area contributed by atoms with E-state index in [-0.39, 0.29) is 0 Å². The van der Waals surface area contributed by atoms with Gasteiger partial charge < -0.3 is 4.57 Å². The first kappa shape index (κ1) is 13.5. The molecule has 0 unspecified atom stereocenters. The summed E-state index contributed by atoms with van der Waals surface area (Å²) in [6, 6.07) is 9.65. The average molecular weight is 290 g/mol. The molecular formula is C14H18N4OS. The summed E-state index contributed by atoms with van der Waals surface area (Å²) in [7, 11) is -0.922. The smallest absolute Gasteiger partial charge is 0.147 e. The van der Waals surface area contributed by atoms with E-state index in [1.807, 2.05) is 37.3 Å². The summed E-state index contributed by atoms with van der Waals surface area (Å²) in [5, 5.41) is 8.29. The van der Waals surface area contributed by atoms with Crippen LogP contribution < -0.4 is 0 Å². The number of rotatable bonds is 4. The first-order valence-electron chi connectivity index (χ1n) is 6.78. The Morgan fingerprint density at radius 2 is 2.00 bits per heavy atom. The van der Waals surface area contributed by atoms with E-state index < -0.39 is 10.8 Å². The van der Waals surface area contributed by atoms with Crippen molar-refractivity contribution >= 4 is 10.8 Å². The van der Waals surface area contributed by atoms with Crippen LogP contribution in [0.1, 0.15) is 11.6 Å². The summed E-state index contributed by atoms with van der Waals surface area (Å²) < 4.78 is 14.3. The third kappa shape index (κ3) is 2.81. The van der Waals surface area contributed by atoms with Gasteiger partial charge in [0.2, 0.25) is 0 Å². The second-order valence-corrected chi connectivity index (χ2v) is 6.52. The van der Waals surface area contributed by atoms with E-state index in [0.29, 0.717) is 5.75 Å².